The van der Waals surface area contributed by atoms with Crippen LogP contribution in [0.1, 0.15) is 12.8 Å². The third kappa shape index (κ3) is 3.51. The molecule has 3 nitrogen and oxygen atoms in total. The third-order valence-corrected chi connectivity index (χ3v) is 2.82. The van der Waals surface area contributed by atoms with Gasteiger partial charge < -0.3 is 9.69 Å². The molecule has 1 rings (SSSR count). The Hall–Kier alpha value is -1.06. The molecule has 86 valence electrons. The molecule has 1 amide bonds. The maximum atomic E-state index is 10.9. The van der Waals surface area contributed by atoms with Crippen molar-refractivity contribution in [2.24, 2.45) is 0 Å². The lowest BCUT2D eigenvalue weighted by atomic mass is 10.2. The summed E-state index contributed by atoms with van der Waals surface area (Å²) >= 11 is 11.6. The van der Waals surface area contributed by atoms with Crippen LogP contribution in [-0.4, -0.2) is 19.2 Å². The zero-order valence-corrected chi connectivity index (χ0v) is 10.0. The van der Waals surface area contributed by atoms with Crippen molar-refractivity contribution >= 4 is 41.6 Å². The molecule has 0 heterocycles. The lowest BCUT2D eigenvalue weighted by molar-refractivity contribution is -0.109. The summed E-state index contributed by atoms with van der Waals surface area (Å²) in [6, 6.07) is 4.97. The molecule has 0 fully saturated rings. The number of hydrogen-bond acceptors (Lipinski definition) is 2. The molecule has 16 heavy (non-hydrogen) atoms. The van der Waals surface area contributed by atoms with Crippen LogP contribution in [0.5, 0.6) is 0 Å². The van der Waals surface area contributed by atoms with Gasteiger partial charge in [-0.1, -0.05) is 23.2 Å². The minimum atomic E-state index is 0.404. The molecule has 0 bridgehead atoms. The zero-order valence-electron chi connectivity index (χ0n) is 8.53. The number of halogens is 2. The van der Waals surface area contributed by atoms with Gasteiger partial charge in [-0.15, -0.1) is 0 Å². The lowest BCUT2D eigenvalue weighted by Gasteiger charge is -2.17. The van der Waals surface area contributed by atoms with Crippen molar-refractivity contribution in [3.05, 3.63) is 28.2 Å². The van der Waals surface area contributed by atoms with Crippen molar-refractivity contribution in [2.45, 2.75) is 12.8 Å². The molecule has 0 saturated heterocycles. The van der Waals surface area contributed by atoms with Crippen LogP contribution in [0.3, 0.4) is 0 Å². The first-order valence-electron chi connectivity index (χ1n) is 4.79. The maximum absolute atomic E-state index is 10.9. The minimum Gasteiger partial charge on any atom is -0.315 e. The Kier molecular flexibility index (Phi) is 5.29. The van der Waals surface area contributed by atoms with E-state index in [4.69, 9.17) is 23.2 Å². The fraction of sp³-hybridized carbons (Fsp3) is 0.273. The SMILES string of the molecule is O=CCCCN(C=O)c1ccc(Cl)c(Cl)c1. The fourth-order valence-corrected chi connectivity index (χ4v) is 1.54. The van der Waals surface area contributed by atoms with E-state index in [0.29, 0.717) is 41.5 Å². The van der Waals surface area contributed by atoms with Crippen molar-refractivity contribution in [2.75, 3.05) is 11.4 Å². The van der Waals surface area contributed by atoms with E-state index in [-0.39, 0.29) is 0 Å². The van der Waals surface area contributed by atoms with E-state index in [1.54, 1.807) is 18.2 Å². The molecule has 0 saturated carbocycles. The van der Waals surface area contributed by atoms with E-state index in [2.05, 4.69) is 0 Å². The highest BCUT2D eigenvalue weighted by atomic mass is 35.5. The summed E-state index contributed by atoms with van der Waals surface area (Å²) in [5, 5.41) is 0.852. The lowest BCUT2D eigenvalue weighted by Crippen LogP contribution is -2.22. The second kappa shape index (κ2) is 6.51. The highest BCUT2D eigenvalue weighted by Crippen LogP contribution is 2.26. The van der Waals surface area contributed by atoms with E-state index in [0.717, 1.165) is 6.29 Å². The maximum Gasteiger partial charge on any atom is 0.214 e. The number of benzene rings is 1. The molecular formula is C11H11Cl2NO2. The van der Waals surface area contributed by atoms with Gasteiger partial charge in [-0.2, -0.15) is 0 Å². The number of amides is 1. The van der Waals surface area contributed by atoms with Gasteiger partial charge in [-0.25, -0.2) is 0 Å². The van der Waals surface area contributed by atoms with Crippen LogP contribution in [0.4, 0.5) is 5.69 Å². The van der Waals surface area contributed by atoms with E-state index in [1.165, 1.54) is 4.90 Å². The molecule has 0 aliphatic heterocycles. The van der Waals surface area contributed by atoms with Crippen LogP contribution in [-0.2, 0) is 9.59 Å². The molecule has 1 aromatic carbocycles. The first kappa shape index (κ1) is 13.0. The second-order valence-electron chi connectivity index (χ2n) is 3.21. The monoisotopic (exact) mass is 259 g/mol. The van der Waals surface area contributed by atoms with Gasteiger partial charge >= 0.3 is 0 Å². The topological polar surface area (TPSA) is 37.4 Å². The van der Waals surface area contributed by atoms with Crippen molar-refractivity contribution in [1.29, 1.82) is 0 Å². The molecule has 5 heteroatoms. The summed E-state index contributed by atoms with van der Waals surface area (Å²) in [6.07, 6.45) is 2.61. The number of carbonyl (C=O) groups excluding carboxylic acids is 2. The van der Waals surface area contributed by atoms with Crippen LogP contribution >= 0.6 is 23.2 Å². The smallest absolute Gasteiger partial charge is 0.214 e. The third-order valence-electron chi connectivity index (χ3n) is 2.08. The van der Waals surface area contributed by atoms with E-state index in [1.807, 2.05) is 0 Å². The predicted molar refractivity (Wildman–Crippen MR) is 65.2 cm³/mol. The molecule has 0 unspecified atom stereocenters. The molecule has 1 aromatic rings. The Morgan fingerprint density at radius 1 is 1.19 bits per heavy atom. The number of hydrogen-bond donors (Lipinski definition) is 0. The molecule has 0 aliphatic carbocycles. The summed E-state index contributed by atoms with van der Waals surface area (Å²) < 4.78 is 0. The summed E-state index contributed by atoms with van der Waals surface area (Å²) in [5.74, 6) is 0. The first-order chi connectivity index (χ1) is 7.69. The van der Waals surface area contributed by atoms with Crippen molar-refractivity contribution < 1.29 is 9.59 Å². The van der Waals surface area contributed by atoms with Crippen molar-refractivity contribution in [3.63, 3.8) is 0 Å². The number of nitrogens with zero attached hydrogens (tertiary/aromatic N) is 1. The van der Waals surface area contributed by atoms with E-state index < -0.39 is 0 Å². The Balaban J connectivity index is 2.74. The first-order valence-corrected chi connectivity index (χ1v) is 5.55. The Labute approximate surface area is 104 Å². The van der Waals surface area contributed by atoms with Gasteiger partial charge in [0.1, 0.15) is 6.29 Å². The highest BCUT2D eigenvalue weighted by molar-refractivity contribution is 6.42. The number of rotatable bonds is 6. The van der Waals surface area contributed by atoms with Crippen LogP contribution in [0, 0.1) is 0 Å². The fourth-order valence-electron chi connectivity index (χ4n) is 1.25. The molecule has 0 aromatic heterocycles. The van der Waals surface area contributed by atoms with Gasteiger partial charge in [-0.05, 0) is 24.6 Å². The Morgan fingerprint density at radius 3 is 2.50 bits per heavy atom. The van der Waals surface area contributed by atoms with Crippen molar-refractivity contribution in [3.8, 4) is 0 Å². The summed E-state index contributed by atoms with van der Waals surface area (Å²) in [5.41, 5.74) is 0.676. The number of aldehydes is 1. The Bertz CT molecular complexity index is 382. The van der Waals surface area contributed by atoms with Crippen LogP contribution < -0.4 is 4.90 Å². The summed E-state index contributed by atoms with van der Waals surface area (Å²) in [6.45, 7) is 0.486. The molecule has 0 radical (unpaired) electrons. The molecule has 0 aliphatic rings. The van der Waals surface area contributed by atoms with Gasteiger partial charge in [0.05, 0.1) is 10.0 Å². The van der Waals surface area contributed by atoms with Gasteiger partial charge in [-0.3, -0.25) is 4.79 Å². The molecule has 0 atom stereocenters. The second-order valence-corrected chi connectivity index (χ2v) is 4.02. The predicted octanol–water partition coefficient (Wildman–Crippen LogP) is 2.94. The van der Waals surface area contributed by atoms with Gasteiger partial charge in [0.15, 0.2) is 0 Å². The normalized spacial score (nSPS) is 9.88. The van der Waals surface area contributed by atoms with E-state index >= 15 is 0 Å². The van der Waals surface area contributed by atoms with Crippen LogP contribution in [0.2, 0.25) is 10.0 Å². The average molecular weight is 260 g/mol. The summed E-state index contributed by atoms with van der Waals surface area (Å²) in [4.78, 5) is 22.5. The van der Waals surface area contributed by atoms with Crippen LogP contribution in [0.15, 0.2) is 18.2 Å². The standard InChI is InChI=1S/C11H11Cl2NO2/c12-10-4-3-9(7-11(10)13)14(8-16)5-1-2-6-15/h3-4,6-8H,1-2,5H2. The van der Waals surface area contributed by atoms with Gasteiger partial charge in [0, 0.05) is 18.7 Å². The number of unbranched alkanes of at least 4 members (excludes halogenated alkanes) is 1. The number of anilines is 1. The van der Waals surface area contributed by atoms with Crippen molar-refractivity contribution in [1.82, 2.24) is 0 Å². The van der Waals surface area contributed by atoms with Gasteiger partial charge in [0.2, 0.25) is 6.41 Å². The Morgan fingerprint density at radius 2 is 1.94 bits per heavy atom. The van der Waals surface area contributed by atoms with E-state index in [9.17, 15) is 9.59 Å². The van der Waals surface area contributed by atoms with Gasteiger partial charge in [0.25, 0.3) is 0 Å². The molecule has 0 N–H and O–H groups in total. The number of carbonyl (C=O) groups is 2. The quantitative estimate of drug-likeness (QED) is 0.582. The largest absolute Gasteiger partial charge is 0.315 e. The molecular weight excluding hydrogens is 249 g/mol. The summed E-state index contributed by atoms with van der Waals surface area (Å²) in [7, 11) is 0. The average Bonchev–Trinajstić information content (AvgIpc) is 2.29. The van der Waals surface area contributed by atoms with Crippen LogP contribution in [0.25, 0.3) is 0 Å². The zero-order chi connectivity index (χ0) is 12.0. The molecule has 0 spiro atoms. The highest BCUT2D eigenvalue weighted by Gasteiger charge is 2.06. The minimum absolute atomic E-state index is 0.404.